The van der Waals surface area contributed by atoms with Gasteiger partial charge in [0, 0.05) is 0 Å². The van der Waals surface area contributed by atoms with Crippen molar-refractivity contribution in [2.24, 2.45) is 5.73 Å². The van der Waals surface area contributed by atoms with Gasteiger partial charge in [-0.1, -0.05) is 30.3 Å². The summed E-state index contributed by atoms with van der Waals surface area (Å²) in [5, 5.41) is 10.9. The van der Waals surface area contributed by atoms with E-state index in [0.29, 0.717) is 11.8 Å². The van der Waals surface area contributed by atoms with Gasteiger partial charge in [0.1, 0.15) is 12.3 Å². The van der Waals surface area contributed by atoms with E-state index in [4.69, 9.17) is 10.8 Å². The fourth-order valence-corrected chi connectivity index (χ4v) is 1.40. The number of nitrogens with one attached hydrogen (secondary N) is 1. The lowest BCUT2D eigenvalue weighted by molar-refractivity contribution is -0.139. The highest BCUT2D eigenvalue weighted by Gasteiger charge is 2.20. The van der Waals surface area contributed by atoms with Crippen LogP contribution in [-0.2, 0) is 14.4 Å². The molecule has 0 aliphatic carbocycles. The molecule has 0 fully saturated rings. The Bertz CT molecular complexity index is 433. The van der Waals surface area contributed by atoms with Crippen LogP contribution >= 0.6 is 0 Å². The first kappa shape index (κ1) is 13.9. The predicted molar refractivity (Wildman–Crippen MR) is 63.6 cm³/mol. The molecule has 6 heteroatoms. The van der Waals surface area contributed by atoms with Gasteiger partial charge in [0.05, 0.1) is 12.5 Å². The number of aliphatic carboxylic acids is 1. The standard InChI is InChI=1S/C12H14N2O4/c13-9(6-11(16)17)12(18)14-10(7-15)8-4-2-1-3-5-8/h1-5,7,9-10H,6,13H2,(H,14,18)(H,16,17). The summed E-state index contributed by atoms with van der Waals surface area (Å²) in [7, 11) is 0. The van der Waals surface area contributed by atoms with E-state index in [1.165, 1.54) is 0 Å². The van der Waals surface area contributed by atoms with Gasteiger partial charge in [-0.2, -0.15) is 0 Å². The number of hydrogen-bond donors (Lipinski definition) is 3. The molecule has 96 valence electrons. The van der Waals surface area contributed by atoms with Crippen LogP contribution in [0.4, 0.5) is 0 Å². The molecule has 1 amide bonds. The third kappa shape index (κ3) is 3.99. The highest BCUT2D eigenvalue weighted by Crippen LogP contribution is 2.09. The third-order valence-electron chi connectivity index (χ3n) is 2.32. The minimum absolute atomic E-state index is 0.480. The number of carbonyl (C=O) groups is 3. The van der Waals surface area contributed by atoms with Crippen molar-refractivity contribution < 1.29 is 19.5 Å². The maximum Gasteiger partial charge on any atom is 0.305 e. The zero-order chi connectivity index (χ0) is 13.5. The monoisotopic (exact) mass is 250 g/mol. The molecule has 1 aromatic rings. The molecule has 1 rings (SSSR count). The Kier molecular flexibility index (Phi) is 5.01. The van der Waals surface area contributed by atoms with Crippen LogP contribution in [0.15, 0.2) is 30.3 Å². The number of hydrogen-bond acceptors (Lipinski definition) is 4. The number of amides is 1. The average molecular weight is 250 g/mol. The quantitative estimate of drug-likeness (QED) is 0.608. The summed E-state index contributed by atoms with van der Waals surface area (Å²) in [6, 6.07) is 6.62. The maximum atomic E-state index is 11.6. The zero-order valence-electron chi connectivity index (χ0n) is 9.58. The molecule has 6 nitrogen and oxygen atoms in total. The number of carbonyl (C=O) groups excluding carboxylic acids is 2. The fraction of sp³-hybridized carbons (Fsp3) is 0.250. The van der Waals surface area contributed by atoms with Crippen LogP contribution in [0.1, 0.15) is 18.0 Å². The Morgan fingerprint density at radius 1 is 1.33 bits per heavy atom. The van der Waals surface area contributed by atoms with Gasteiger partial charge in [0.25, 0.3) is 0 Å². The van der Waals surface area contributed by atoms with Crippen LogP contribution < -0.4 is 11.1 Å². The second-order valence-corrected chi connectivity index (χ2v) is 3.74. The largest absolute Gasteiger partial charge is 0.481 e. The van der Waals surface area contributed by atoms with Crippen molar-refractivity contribution in [3.8, 4) is 0 Å². The summed E-state index contributed by atoms with van der Waals surface area (Å²) in [5.41, 5.74) is 6.00. The summed E-state index contributed by atoms with van der Waals surface area (Å²) >= 11 is 0. The second-order valence-electron chi connectivity index (χ2n) is 3.74. The van der Waals surface area contributed by atoms with Gasteiger partial charge in [-0.25, -0.2) is 0 Å². The van der Waals surface area contributed by atoms with E-state index in [9.17, 15) is 14.4 Å². The fourth-order valence-electron chi connectivity index (χ4n) is 1.40. The molecule has 0 aromatic heterocycles. The first-order valence-electron chi connectivity index (χ1n) is 5.32. The predicted octanol–water partition coefficient (Wildman–Crippen LogP) is -0.155. The molecule has 0 spiro atoms. The van der Waals surface area contributed by atoms with Crippen LogP contribution in [0, 0.1) is 0 Å². The summed E-state index contributed by atoms with van der Waals surface area (Å²) in [6.07, 6.45) is 0.0902. The number of nitrogens with two attached hydrogens (primary N) is 1. The SMILES string of the molecule is NC(CC(=O)O)C(=O)NC(C=O)c1ccccc1. The molecule has 2 atom stereocenters. The van der Waals surface area contributed by atoms with Gasteiger partial charge in [0.2, 0.25) is 5.91 Å². The van der Waals surface area contributed by atoms with Gasteiger partial charge in [-0.3, -0.25) is 9.59 Å². The minimum Gasteiger partial charge on any atom is -0.481 e. The van der Waals surface area contributed by atoms with Crippen LogP contribution in [0.3, 0.4) is 0 Å². The Morgan fingerprint density at radius 3 is 2.44 bits per heavy atom. The second kappa shape index (κ2) is 6.51. The summed E-state index contributed by atoms with van der Waals surface area (Å²) in [6.45, 7) is 0. The lowest BCUT2D eigenvalue weighted by atomic mass is 10.1. The number of rotatable bonds is 6. The van der Waals surface area contributed by atoms with Crippen molar-refractivity contribution in [2.75, 3.05) is 0 Å². The van der Waals surface area contributed by atoms with Gasteiger partial charge < -0.3 is 21.0 Å². The van der Waals surface area contributed by atoms with Crippen LogP contribution in [0.2, 0.25) is 0 Å². The molecule has 0 heterocycles. The highest BCUT2D eigenvalue weighted by atomic mass is 16.4. The Balaban J connectivity index is 2.67. The first-order chi connectivity index (χ1) is 8.54. The molecule has 0 aliphatic rings. The van der Waals surface area contributed by atoms with E-state index in [0.717, 1.165) is 0 Å². The summed E-state index contributed by atoms with van der Waals surface area (Å²) in [4.78, 5) is 32.9. The summed E-state index contributed by atoms with van der Waals surface area (Å²) < 4.78 is 0. The third-order valence-corrected chi connectivity index (χ3v) is 2.32. The van der Waals surface area contributed by atoms with Gasteiger partial charge in [0.15, 0.2) is 0 Å². The van der Waals surface area contributed by atoms with E-state index in [-0.39, 0.29) is 0 Å². The molecule has 1 aromatic carbocycles. The van der Waals surface area contributed by atoms with Crippen molar-refractivity contribution in [2.45, 2.75) is 18.5 Å². The normalized spacial score (nSPS) is 13.4. The van der Waals surface area contributed by atoms with E-state index >= 15 is 0 Å². The molecule has 18 heavy (non-hydrogen) atoms. The van der Waals surface area contributed by atoms with Crippen molar-refractivity contribution in [3.63, 3.8) is 0 Å². The smallest absolute Gasteiger partial charge is 0.305 e. The highest BCUT2D eigenvalue weighted by molar-refractivity contribution is 5.88. The van der Waals surface area contributed by atoms with Crippen molar-refractivity contribution in [1.82, 2.24) is 5.32 Å². The van der Waals surface area contributed by atoms with Crippen LogP contribution in [0.5, 0.6) is 0 Å². The van der Waals surface area contributed by atoms with E-state index in [2.05, 4.69) is 5.32 Å². The molecule has 0 saturated heterocycles. The maximum absolute atomic E-state index is 11.6. The Labute approximate surface area is 104 Å². The number of carboxylic acids is 1. The Hall–Kier alpha value is -2.21. The van der Waals surface area contributed by atoms with Gasteiger partial charge in [-0.05, 0) is 5.56 Å². The molecule has 0 aliphatic heterocycles. The van der Waals surface area contributed by atoms with Gasteiger partial charge in [-0.15, -0.1) is 0 Å². The van der Waals surface area contributed by atoms with E-state index in [1.807, 2.05) is 0 Å². The van der Waals surface area contributed by atoms with Gasteiger partial charge >= 0.3 is 5.97 Å². The number of carboxylic acid groups (broad SMARTS) is 1. The molecular formula is C12H14N2O4. The molecular weight excluding hydrogens is 236 g/mol. The molecule has 0 radical (unpaired) electrons. The van der Waals surface area contributed by atoms with Crippen molar-refractivity contribution in [3.05, 3.63) is 35.9 Å². The summed E-state index contributed by atoms with van der Waals surface area (Å²) in [5.74, 6) is -1.83. The molecule has 0 bridgehead atoms. The number of aldehydes is 1. The number of benzene rings is 1. The molecule has 2 unspecified atom stereocenters. The lowest BCUT2D eigenvalue weighted by Crippen LogP contribution is -2.43. The molecule has 0 saturated carbocycles. The first-order valence-corrected chi connectivity index (χ1v) is 5.32. The van der Waals surface area contributed by atoms with E-state index in [1.54, 1.807) is 30.3 Å². The molecule has 4 N–H and O–H groups in total. The lowest BCUT2D eigenvalue weighted by Gasteiger charge is -2.15. The van der Waals surface area contributed by atoms with Crippen molar-refractivity contribution in [1.29, 1.82) is 0 Å². The topological polar surface area (TPSA) is 109 Å². The Morgan fingerprint density at radius 2 is 1.94 bits per heavy atom. The van der Waals surface area contributed by atoms with Crippen LogP contribution in [-0.4, -0.2) is 29.3 Å². The zero-order valence-corrected chi connectivity index (χ0v) is 9.58. The minimum atomic E-state index is -1.17. The van der Waals surface area contributed by atoms with Crippen molar-refractivity contribution >= 4 is 18.2 Å². The van der Waals surface area contributed by atoms with E-state index < -0.39 is 30.4 Å². The average Bonchev–Trinajstić information content (AvgIpc) is 2.35. The van der Waals surface area contributed by atoms with Crippen LogP contribution in [0.25, 0.3) is 0 Å².